The van der Waals surface area contributed by atoms with E-state index in [1.807, 2.05) is 20.8 Å². The Labute approximate surface area is 111 Å². The SMILES string of the molecule is CCn1nc(C)c([N+](=O)[O-])c1NCC(=O)NC(C)C. The van der Waals surface area contributed by atoms with Crippen LogP contribution >= 0.6 is 0 Å². The van der Waals surface area contributed by atoms with E-state index in [0.29, 0.717) is 12.2 Å². The van der Waals surface area contributed by atoms with Gasteiger partial charge >= 0.3 is 5.69 Å². The number of hydrogen-bond acceptors (Lipinski definition) is 5. The number of rotatable bonds is 6. The van der Waals surface area contributed by atoms with Gasteiger partial charge in [0.25, 0.3) is 0 Å². The largest absolute Gasteiger partial charge is 0.355 e. The van der Waals surface area contributed by atoms with Gasteiger partial charge < -0.3 is 10.6 Å². The van der Waals surface area contributed by atoms with Crippen molar-refractivity contribution in [2.45, 2.75) is 40.3 Å². The van der Waals surface area contributed by atoms with Crippen LogP contribution in [-0.4, -0.2) is 33.2 Å². The highest BCUT2D eigenvalue weighted by Gasteiger charge is 2.24. The van der Waals surface area contributed by atoms with Gasteiger partial charge in [-0.15, -0.1) is 0 Å². The number of nitrogens with one attached hydrogen (secondary N) is 2. The molecule has 0 saturated carbocycles. The summed E-state index contributed by atoms with van der Waals surface area (Å²) < 4.78 is 1.48. The van der Waals surface area contributed by atoms with Crippen LogP contribution in [0.2, 0.25) is 0 Å². The van der Waals surface area contributed by atoms with Crippen molar-refractivity contribution in [1.29, 1.82) is 0 Å². The maximum Gasteiger partial charge on any atom is 0.333 e. The number of carbonyl (C=O) groups is 1. The van der Waals surface area contributed by atoms with Crippen molar-refractivity contribution in [2.75, 3.05) is 11.9 Å². The summed E-state index contributed by atoms with van der Waals surface area (Å²) in [6.07, 6.45) is 0. The predicted octanol–water partition coefficient (Wildman–Crippen LogP) is 1.06. The van der Waals surface area contributed by atoms with Crippen LogP contribution in [0.15, 0.2) is 0 Å². The Bertz CT molecular complexity index is 481. The molecule has 1 aromatic rings. The lowest BCUT2D eigenvalue weighted by Gasteiger charge is -2.10. The van der Waals surface area contributed by atoms with Crippen LogP contribution in [0, 0.1) is 17.0 Å². The average molecular weight is 269 g/mol. The van der Waals surface area contributed by atoms with Crippen molar-refractivity contribution in [3.8, 4) is 0 Å². The van der Waals surface area contributed by atoms with E-state index in [0.717, 1.165) is 0 Å². The Morgan fingerprint density at radius 1 is 1.53 bits per heavy atom. The molecule has 0 spiro atoms. The maximum absolute atomic E-state index is 11.5. The molecule has 0 aliphatic carbocycles. The van der Waals surface area contributed by atoms with Gasteiger partial charge in [-0.2, -0.15) is 5.10 Å². The molecule has 2 N–H and O–H groups in total. The number of nitro groups is 1. The average Bonchev–Trinajstić information content (AvgIpc) is 2.61. The molecule has 1 amide bonds. The molecule has 106 valence electrons. The second-order valence-electron chi connectivity index (χ2n) is 4.43. The molecular weight excluding hydrogens is 250 g/mol. The molecule has 1 aromatic heterocycles. The van der Waals surface area contributed by atoms with Crippen molar-refractivity contribution < 1.29 is 9.72 Å². The van der Waals surface area contributed by atoms with Crippen molar-refractivity contribution in [1.82, 2.24) is 15.1 Å². The Morgan fingerprint density at radius 2 is 2.16 bits per heavy atom. The van der Waals surface area contributed by atoms with Gasteiger partial charge in [-0.05, 0) is 27.7 Å². The van der Waals surface area contributed by atoms with Crippen molar-refractivity contribution >= 4 is 17.4 Å². The highest BCUT2D eigenvalue weighted by Crippen LogP contribution is 2.27. The first-order valence-electron chi connectivity index (χ1n) is 6.11. The first-order chi connectivity index (χ1) is 8.86. The predicted molar refractivity (Wildman–Crippen MR) is 71.1 cm³/mol. The third-order valence-corrected chi connectivity index (χ3v) is 2.44. The number of nitrogens with zero attached hydrogens (tertiary/aromatic N) is 3. The summed E-state index contributed by atoms with van der Waals surface area (Å²) in [6.45, 7) is 7.56. The van der Waals surface area contributed by atoms with Crippen LogP contribution in [0.3, 0.4) is 0 Å². The first-order valence-corrected chi connectivity index (χ1v) is 6.11. The summed E-state index contributed by atoms with van der Waals surface area (Å²) >= 11 is 0. The third kappa shape index (κ3) is 3.67. The zero-order valence-electron chi connectivity index (χ0n) is 11.6. The number of amides is 1. The molecule has 0 unspecified atom stereocenters. The summed E-state index contributed by atoms with van der Waals surface area (Å²) in [5.41, 5.74) is 0.248. The standard InChI is InChI=1S/C11H19N5O3/c1-5-15-11(10(16(18)19)8(4)14-15)12-6-9(17)13-7(2)3/h7,12H,5-6H2,1-4H3,(H,13,17). The van der Waals surface area contributed by atoms with Gasteiger partial charge in [0.05, 0.1) is 11.5 Å². The number of aromatic nitrogens is 2. The fourth-order valence-corrected chi connectivity index (χ4v) is 1.73. The van der Waals surface area contributed by atoms with E-state index in [-0.39, 0.29) is 30.0 Å². The summed E-state index contributed by atoms with van der Waals surface area (Å²) in [5, 5.41) is 20.6. The minimum absolute atomic E-state index is 0.0237. The van der Waals surface area contributed by atoms with Crippen LogP contribution in [0.4, 0.5) is 11.5 Å². The lowest BCUT2D eigenvalue weighted by molar-refractivity contribution is -0.384. The molecule has 0 aromatic carbocycles. The van der Waals surface area contributed by atoms with Crippen LogP contribution in [0.1, 0.15) is 26.5 Å². The molecule has 0 bridgehead atoms. The molecule has 1 heterocycles. The number of carbonyl (C=O) groups excluding carboxylic acids is 1. The minimum atomic E-state index is -0.489. The highest BCUT2D eigenvalue weighted by atomic mass is 16.6. The van der Waals surface area contributed by atoms with E-state index in [1.54, 1.807) is 6.92 Å². The van der Waals surface area contributed by atoms with Crippen LogP contribution < -0.4 is 10.6 Å². The zero-order chi connectivity index (χ0) is 14.6. The van der Waals surface area contributed by atoms with E-state index in [1.165, 1.54) is 4.68 Å². The molecule has 19 heavy (non-hydrogen) atoms. The highest BCUT2D eigenvalue weighted by molar-refractivity contribution is 5.81. The topological polar surface area (TPSA) is 102 Å². The van der Waals surface area contributed by atoms with Gasteiger partial charge in [0.2, 0.25) is 11.7 Å². The summed E-state index contributed by atoms with van der Waals surface area (Å²) in [7, 11) is 0. The van der Waals surface area contributed by atoms with Crippen LogP contribution in [0.25, 0.3) is 0 Å². The Hall–Kier alpha value is -2.12. The number of hydrogen-bond donors (Lipinski definition) is 2. The van der Waals surface area contributed by atoms with E-state index in [2.05, 4.69) is 15.7 Å². The van der Waals surface area contributed by atoms with Crippen LogP contribution in [-0.2, 0) is 11.3 Å². The van der Waals surface area contributed by atoms with Crippen molar-refractivity contribution in [3.63, 3.8) is 0 Å². The summed E-state index contributed by atoms with van der Waals surface area (Å²) in [5.74, 6) is 0.0507. The second-order valence-corrected chi connectivity index (χ2v) is 4.43. The van der Waals surface area contributed by atoms with Crippen molar-refractivity contribution in [2.24, 2.45) is 0 Å². The fraction of sp³-hybridized carbons (Fsp3) is 0.636. The molecule has 0 aliphatic rings. The number of anilines is 1. The zero-order valence-corrected chi connectivity index (χ0v) is 11.6. The first kappa shape index (κ1) is 14.9. The van der Waals surface area contributed by atoms with Gasteiger partial charge in [0, 0.05) is 12.6 Å². The van der Waals surface area contributed by atoms with E-state index < -0.39 is 4.92 Å². The van der Waals surface area contributed by atoms with Gasteiger partial charge in [-0.25, -0.2) is 4.68 Å². The van der Waals surface area contributed by atoms with Gasteiger partial charge in [0.15, 0.2) is 0 Å². The third-order valence-electron chi connectivity index (χ3n) is 2.44. The summed E-state index contributed by atoms with van der Waals surface area (Å²) in [6, 6.07) is 0.0297. The van der Waals surface area contributed by atoms with Gasteiger partial charge in [0.1, 0.15) is 5.69 Å². The quantitative estimate of drug-likeness (QED) is 0.593. The Kier molecular flexibility index (Phi) is 4.85. The maximum atomic E-state index is 11.5. The van der Waals surface area contributed by atoms with E-state index in [9.17, 15) is 14.9 Å². The summed E-state index contributed by atoms with van der Waals surface area (Å²) in [4.78, 5) is 22.1. The molecule has 0 atom stereocenters. The van der Waals surface area contributed by atoms with Crippen LogP contribution in [0.5, 0.6) is 0 Å². The van der Waals surface area contributed by atoms with E-state index >= 15 is 0 Å². The molecule has 0 radical (unpaired) electrons. The fourth-order valence-electron chi connectivity index (χ4n) is 1.73. The molecule has 0 fully saturated rings. The van der Waals surface area contributed by atoms with Crippen molar-refractivity contribution in [3.05, 3.63) is 15.8 Å². The smallest absolute Gasteiger partial charge is 0.333 e. The molecular formula is C11H19N5O3. The monoisotopic (exact) mass is 269 g/mol. The molecule has 1 rings (SSSR count). The normalized spacial score (nSPS) is 10.6. The molecule has 0 saturated heterocycles. The second kappa shape index (κ2) is 6.17. The molecule has 8 heteroatoms. The molecule has 0 aliphatic heterocycles. The Balaban J connectivity index is 2.87. The Morgan fingerprint density at radius 3 is 2.63 bits per heavy atom. The lowest BCUT2D eigenvalue weighted by atomic mass is 10.3. The van der Waals surface area contributed by atoms with Gasteiger partial charge in [-0.3, -0.25) is 14.9 Å². The van der Waals surface area contributed by atoms with E-state index in [4.69, 9.17) is 0 Å². The lowest BCUT2D eigenvalue weighted by Crippen LogP contribution is -2.35. The minimum Gasteiger partial charge on any atom is -0.355 e. The molecule has 8 nitrogen and oxygen atoms in total. The van der Waals surface area contributed by atoms with Gasteiger partial charge in [-0.1, -0.05) is 0 Å². The number of aryl methyl sites for hydroxylation is 2.